The first-order chi connectivity index (χ1) is 8.61. The summed E-state index contributed by atoms with van der Waals surface area (Å²) in [5.74, 6) is 0. The number of halogens is 2. The molecule has 110 valence electrons. The second kappa shape index (κ2) is 10.5. The number of nitrogens with one attached hydrogen (secondary N) is 1. The van der Waals surface area contributed by atoms with E-state index in [2.05, 4.69) is 19.2 Å². The number of benzene rings is 1. The highest BCUT2D eigenvalue weighted by molar-refractivity contribution is 6.30. The molecule has 0 fully saturated rings. The molecule has 0 aliphatic carbocycles. The van der Waals surface area contributed by atoms with Crippen LogP contribution in [-0.4, -0.2) is 30.4 Å². The number of hydrogen-bond acceptors (Lipinski definition) is 3. The van der Waals surface area contributed by atoms with Gasteiger partial charge >= 0.3 is 0 Å². The Morgan fingerprint density at radius 3 is 2.53 bits per heavy atom. The highest BCUT2D eigenvalue weighted by atomic mass is 35.5. The lowest BCUT2D eigenvalue weighted by atomic mass is 10.2. The minimum Gasteiger partial charge on any atom is -0.389 e. The number of aliphatic hydroxyl groups is 1. The van der Waals surface area contributed by atoms with Gasteiger partial charge < -0.3 is 15.2 Å². The Morgan fingerprint density at radius 1 is 1.32 bits per heavy atom. The lowest BCUT2D eigenvalue weighted by Gasteiger charge is -2.15. The normalized spacial score (nSPS) is 13.7. The lowest BCUT2D eigenvalue weighted by Crippen LogP contribution is -2.35. The van der Waals surface area contributed by atoms with Crippen molar-refractivity contribution in [2.75, 3.05) is 13.2 Å². The van der Waals surface area contributed by atoms with E-state index in [9.17, 15) is 5.11 Å². The van der Waals surface area contributed by atoms with E-state index >= 15 is 0 Å². The van der Waals surface area contributed by atoms with Gasteiger partial charge in [0, 0.05) is 17.6 Å². The maximum atomic E-state index is 9.71. The van der Waals surface area contributed by atoms with Gasteiger partial charge in [-0.2, -0.15) is 0 Å². The van der Waals surface area contributed by atoms with Crippen molar-refractivity contribution in [3.63, 3.8) is 0 Å². The molecule has 0 aromatic heterocycles. The van der Waals surface area contributed by atoms with Gasteiger partial charge in [0.05, 0.1) is 19.3 Å². The summed E-state index contributed by atoms with van der Waals surface area (Å²) in [5.41, 5.74) is 1.06. The van der Waals surface area contributed by atoms with Crippen molar-refractivity contribution in [2.24, 2.45) is 0 Å². The lowest BCUT2D eigenvalue weighted by molar-refractivity contribution is 0.0278. The van der Waals surface area contributed by atoms with Crippen molar-refractivity contribution in [1.82, 2.24) is 5.32 Å². The summed E-state index contributed by atoms with van der Waals surface area (Å²) in [4.78, 5) is 0. The van der Waals surface area contributed by atoms with Crippen LogP contribution in [0, 0.1) is 0 Å². The van der Waals surface area contributed by atoms with Crippen molar-refractivity contribution in [2.45, 2.75) is 39.0 Å². The molecule has 0 amide bonds. The van der Waals surface area contributed by atoms with Crippen LogP contribution < -0.4 is 5.32 Å². The Balaban J connectivity index is 0.00000324. The third-order valence-corrected chi connectivity index (χ3v) is 3.06. The second-order valence-corrected chi connectivity index (χ2v) is 4.95. The van der Waals surface area contributed by atoms with Crippen LogP contribution in [0.3, 0.4) is 0 Å². The minimum absolute atomic E-state index is 0. The van der Waals surface area contributed by atoms with E-state index in [1.807, 2.05) is 24.3 Å². The van der Waals surface area contributed by atoms with Gasteiger partial charge in [-0.05, 0) is 31.0 Å². The predicted octanol–water partition coefficient (Wildman–Crippen LogP) is 3.03. The molecule has 0 aliphatic rings. The highest BCUT2D eigenvalue weighted by Gasteiger charge is 2.06. The molecule has 2 atom stereocenters. The zero-order valence-electron chi connectivity index (χ0n) is 11.4. The van der Waals surface area contributed by atoms with Gasteiger partial charge in [-0.3, -0.25) is 0 Å². The van der Waals surface area contributed by atoms with Gasteiger partial charge in [0.15, 0.2) is 0 Å². The predicted molar refractivity (Wildman–Crippen MR) is 82.1 cm³/mol. The summed E-state index contributed by atoms with van der Waals surface area (Å²) in [6.07, 6.45) is 0.588. The Labute approximate surface area is 126 Å². The zero-order valence-corrected chi connectivity index (χ0v) is 13.0. The largest absolute Gasteiger partial charge is 0.389 e. The van der Waals surface area contributed by atoms with Crippen LogP contribution in [0.15, 0.2) is 24.3 Å². The number of aliphatic hydroxyl groups excluding tert-OH is 1. The van der Waals surface area contributed by atoms with Gasteiger partial charge in [0.1, 0.15) is 0 Å². The van der Waals surface area contributed by atoms with Crippen LogP contribution in [0.2, 0.25) is 5.02 Å². The van der Waals surface area contributed by atoms with Gasteiger partial charge in [-0.25, -0.2) is 0 Å². The fourth-order valence-electron chi connectivity index (χ4n) is 1.43. The number of rotatable bonds is 8. The third kappa shape index (κ3) is 8.45. The Hall–Kier alpha value is -0.320. The summed E-state index contributed by atoms with van der Waals surface area (Å²) in [6, 6.07) is 7.94. The molecule has 0 radical (unpaired) electrons. The average molecular weight is 308 g/mol. The summed E-state index contributed by atoms with van der Waals surface area (Å²) >= 11 is 5.79. The van der Waals surface area contributed by atoms with Crippen molar-refractivity contribution in [1.29, 1.82) is 0 Å². The van der Waals surface area contributed by atoms with Gasteiger partial charge in [0.2, 0.25) is 0 Å². The van der Waals surface area contributed by atoms with Gasteiger partial charge in [-0.15, -0.1) is 12.4 Å². The van der Waals surface area contributed by atoms with E-state index in [0.717, 1.165) is 17.0 Å². The van der Waals surface area contributed by atoms with Crippen LogP contribution in [-0.2, 0) is 11.3 Å². The molecule has 0 saturated carbocycles. The van der Waals surface area contributed by atoms with Gasteiger partial charge in [0.25, 0.3) is 0 Å². The highest BCUT2D eigenvalue weighted by Crippen LogP contribution is 2.10. The fraction of sp³-hybridized carbons (Fsp3) is 0.571. The van der Waals surface area contributed by atoms with Crippen LogP contribution in [0.25, 0.3) is 0 Å². The van der Waals surface area contributed by atoms with Gasteiger partial charge in [-0.1, -0.05) is 30.7 Å². The van der Waals surface area contributed by atoms with Crippen molar-refractivity contribution in [3.8, 4) is 0 Å². The maximum Gasteiger partial charge on any atom is 0.0897 e. The summed E-state index contributed by atoms with van der Waals surface area (Å²) in [6.45, 7) is 5.61. The summed E-state index contributed by atoms with van der Waals surface area (Å²) in [7, 11) is 0. The maximum absolute atomic E-state index is 9.71. The molecule has 5 heteroatoms. The van der Waals surface area contributed by atoms with E-state index in [1.165, 1.54) is 0 Å². The smallest absolute Gasteiger partial charge is 0.0897 e. The summed E-state index contributed by atoms with van der Waals surface area (Å²) in [5, 5.41) is 13.7. The zero-order chi connectivity index (χ0) is 13.4. The standard InChI is InChI=1S/C14H22ClNO2.ClH/c1-3-11(2)16-8-14(17)10-18-9-12-4-6-13(15)7-5-12;/h4-7,11,14,16-17H,3,8-10H2,1-2H3;1H. The molecular weight excluding hydrogens is 285 g/mol. The van der Waals surface area contributed by atoms with E-state index < -0.39 is 6.10 Å². The first kappa shape index (κ1) is 18.7. The van der Waals surface area contributed by atoms with Crippen molar-refractivity contribution >= 4 is 24.0 Å². The molecule has 1 aromatic rings. The molecule has 19 heavy (non-hydrogen) atoms. The van der Waals surface area contributed by atoms with E-state index in [0.29, 0.717) is 25.8 Å². The molecule has 0 saturated heterocycles. The molecule has 1 rings (SSSR count). The second-order valence-electron chi connectivity index (χ2n) is 4.51. The number of hydrogen-bond donors (Lipinski definition) is 2. The van der Waals surface area contributed by atoms with Crippen LogP contribution in [0.4, 0.5) is 0 Å². The quantitative estimate of drug-likeness (QED) is 0.775. The van der Waals surface area contributed by atoms with E-state index in [4.69, 9.17) is 16.3 Å². The molecule has 0 spiro atoms. The molecule has 1 aromatic carbocycles. The molecule has 0 heterocycles. The molecule has 3 nitrogen and oxygen atoms in total. The molecular formula is C14H23Cl2NO2. The Kier molecular flexibility index (Phi) is 10.3. The van der Waals surface area contributed by atoms with E-state index in [1.54, 1.807) is 0 Å². The number of ether oxygens (including phenoxy) is 1. The van der Waals surface area contributed by atoms with Crippen LogP contribution in [0.1, 0.15) is 25.8 Å². The Bertz CT molecular complexity index is 333. The van der Waals surface area contributed by atoms with Crippen LogP contribution >= 0.6 is 24.0 Å². The first-order valence-electron chi connectivity index (χ1n) is 6.35. The fourth-order valence-corrected chi connectivity index (χ4v) is 1.56. The van der Waals surface area contributed by atoms with Crippen molar-refractivity contribution in [3.05, 3.63) is 34.9 Å². The molecule has 2 N–H and O–H groups in total. The third-order valence-electron chi connectivity index (χ3n) is 2.81. The SMILES string of the molecule is CCC(C)NCC(O)COCc1ccc(Cl)cc1.Cl. The molecule has 2 unspecified atom stereocenters. The average Bonchev–Trinajstić information content (AvgIpc) is 2.38. The Morgan fingerprint density at radius 2 is 1.95 bits per heavy atom. The topological polar surface area (TPSA) is 41.5 Å². The molecule has 0 bridgehead atoms. The minimum atomic E-state index is -0.466. The van der Waals surface area contributed by atoms with Crippen LogP contribution in [0.5, 0.6) is 0 Å². The van der Waals surface area contributed by atoms with Crippen molar-refractivity contribution < 1.29 is 9.84 Å². The molecule has 0 aliphatic heterocycles. The monoisotopic (exact) mass is 307 g/mol. The first-order valence-corrected chi connectivity index (χ1v) is 6.73. The van der Waals surface area contributed by atoms with E-state index in [-0.39, 0.29) is 12.4 Å². The summed E-state index contributed by atoms with van der Waals surface area (Å²) < 4.78 is 5.45.